The van der Waals surface area contributed by atoms with E-state index in [9.17, 15) is 24.3 Å². The second kappa shape index (κ2) is 11.7. The van der Waals surface area contributed by atoms with Crippen LogP contribution >= 0.6 is 0 Å². The van der Waals surface area contributed by atoms with E-state index in [1.54, 1.807) is 32.9 Å². The highest BCUT2D eigenvalue weighted by Crippen LogP contribution is 2.25. The Bertz CT molecular complexity index is 874. The van der Waals surface area contributed by atoms with Crippen LogP contribution in [0.25, 0.3) is 0 Å². The molecule has 10 nitrogen and oxygen atoms in total. The number of amides is 4. The first-order chi connectivity index (χ1) is 15.9. The maximum Gasteiger partial charge on any atom is 0.408 e. The molecule has 1 aromatic carbocycles. The van der Waals surface area contributed by atoms with E-state index in [0.29, 0.717) is 5.56 Å². The maximum atomic E-state index is 13.4. The highest BCUT2D eigenvalue weighted by molar-refractivity contribution is 5.94. The molecule has 2 atom stereocenters. The Morgan fingerprint density at radius 3 is 2.24 bits per heavy atom. The standard InChI is InChI=1S/C24H36N4O6/c1-24(2,3)34-23(33)27-18(14-19(25)30)22(32)28(4)20(15-10-12-17(29)13-11-15)21(31)26-16-8-6-5-7-9-16/h10-13,16,18,20,29H,5-9,14H2,1-4H3,(H2,25,30)(H,26,31)(H,27,33). The van der Waals surface area contributed by atoms with Gasteiger partial charge in [-0.3, -0.25) is 14.4 Å². The van der Waals surface area contributed by atoms with Gasteiger partial charge in [0, 0.05) is 13.1 Å². The van der Waals surface area contributed by atoms with Gasteiger partial charge in [0.25, 0.3) is 0 Å². The summed E-state index contributed by atoms with van der Waals surface area (Å²) in [6.07, 6.45) is 3.53. The van der Waals surface area contributed by atoms with Crippen LogP contribution in [0.15, 0.2) is 24.3 Å². The lowest BCUT2D eigenvalue weighted by Crippen LogP contribution is -2.53. The minimum Gasteiger partial charge on any atom is -0.508 e. The fraction of sp³-hybridized carbons (Fsp3) is 0.583. The summed E-state index contributed by atoms with van der Waals surface area (Å²) in [5.41, 5.74) is 4.97. The highest BCUT2D eigenvalue weighted by atomic mass is 16.6. The molecule has 188 valence electrons. The largest absolute Gasteiger partial charge is 0.508 e. The first-order valence-electron chi connectivity index (χ1n) is 11.5. The number of primary amides is 1. The van der Waals surface area contributed by atoms with E-state index in [0.717, 1.165) is 32.1 Å². The predicted molar refractivity (Wildman–Crippen MR) is 126 cm³/mol. The van der Waals surface area contributed by atoms with Gasteiger partial charge in [-0.25, -0.2) is 4.79 Å². The number of alkyl carbamates (subject to hydrolysis) is 1. The summed E-state index contributed by atoms with van der Waals surface area (Å²) in [6, 6.07) is 3.59. The number of nitrogens with two attached hydrogens (primary N) is 1. The van der Waals surface area contributed by atoms with Crippen LogP contribution in [0.1, 0.15) is 70.9 Å². The van der Waals surface area contributed by atoms with Gasteiger partial charge in [0.05, 0.1) is 6.42 Å². The molecular formula is C24H36N4O6. The fourth-order valence-electron chi connectivity index (χ4n) is 3.96. The summed E-state index contributed by atoms with van der Waals surface area (Å²) in [5.74, 6) is -1.84. The summed E-state index contributed by atoms with van der Waals surface area (Å²) < 4.78 is 5.21. The van der Waals surface area contributed by atoms with E-state index in [2.05, 4.69) is 10.6 Å². The van der Waals surface area contributed by atoms with Crippen molar-refractivity contribution in [1.29, 1.82) is 0 Å². The molecule has 0 radical (unpaired) electrons. The topological polar surface area (TPSA) is 151 Å². The molecule has 10 heteroatoms. The Morgan fingerprint density at radius 2 is 1.71 bits per heavy atom. The number of ether oxygens (including phenoxy) is 1. The van der Waals surface area contributed by atoms with Crippen molar-refractivity contribution in [2.24, 2.45) is 5.73 Å². The van der Waals surface area contributed by atoms with E-state index in [1.165, 1.54) is 24.1 Å². The molecule has 1 aromatic rings. The average molecular weight is 477 g/mol. The van der Waals surface area contributed by atoms with Crippen molar-refractivity contribution in [1.82, 2.24) is 15.5 Å². The molecule has 2 unspecified atom stereocenters. The van der Waals surface area contributed by atoms with Crippen molar-refractivity contribution in [3.05, 3.63) is 29.8 Å². The molecule has 0 aliphatic heterocycles. The minimum absolute atomic E-state index is 0.00525. The van der Waals surface area contributed by atoms with E-state index in [1.807, 2.05) is 0 Å². The van der Waals surface area contributed by atoms with Crippen LogP contribution in [-0.4, -0.2) is 58.6 Å². The van der Waals surface area contributed by atoms with Crippen molar-refractivity contribution in [2.45, 2.75) is 83.0 Å². The van der Waals surface area contributed by atoms with Gasteiger partial charge in [-0.05, 0) is 51.3 Å². The number of likely N-dealkylation sites (N-methyl/N-ethyl adjacent to an activating group) is 1. The molecule has 4 amide bonds. The van der Waals surface area contributed by atoms with Crippen molar-refractivity contribution >= 4 is 23.8 Å². The number of carbonyl (C=O) groups is 4. The third-order valence-corrected chi connectivity index (χ3v) is 5.54. The fourth-order valence-corrected chi connectivity index (χ4v) is 3.96. The maximum absolute atomic E-state index is 13.4. The minimum atomic E-state index is -1.32. The number of phenols is 1. The smallest absolute Gasteiger partial charge is 0.408 e. The van der Waals surface area contributed by atoms with Gasteiger partial charge < -0.3 is 31.1 Å². The van der Waals surface area contributed by atoms with Gasteiger partial charge >= 0.3 is 6.09 Å². The number of aromatic hydroxyl groups is 1. The van der Waals surface area contributed by atoms with Gasteiger partial charge in [0.2, 0.25) is 17.7 Å². The normalized spacial score (nSPS) is 16.1. The number of benzene rings is 1. The number of rotatable bonds is 8. The summed E-state index contributed by atoms with van der Waals surface area (Å²) in [4.78, 5) is 51.8. The van der Waals surface area contributed by atoms with Crippen LogP contribution in [0, 0.1) is 0 Å². The van der Waals surface area contributed by atoms with E-state index in [4.69, 9.17) is 10.5 Å². The highest BCUT2D eigenvalue weighted by Gasteiger charge is 2.35. The summed E-state index contributed by atoms with van der Waals surface area (Å²) >= 11 is 0. The lowest BCUT2D eigenvalue weighted by Gasteiger charge is -2.33. The van der Waals surface area contributed by atoms with Crippen LogP contribution < -0.4 is 16.4 Å². The number of nitrogens with one attached hydrogen (secondary N) is 2. The molecule has 5 N–H and O–H groups in total. The van der Waals surface area contributed by atoms with E-state index in [-0.39, 0.29) is 17.7 Å². The molecule has 0 aromatic heterocycles. The van der Waals surface area contributed by atoms with Crippen LogP contribution in [0.3, 0.4) is 0 Å². The number of hydrogen-bond donors (Lipinski definition) is 4. The Kier molecular flexibility index (Phi) is 9.28. The summed E-state index contributed by atoms with van der Waals surface area (Å²) in [7, 11) is 1.42. The van der Waals surface area contributed by atoms with Crippen molar-refractivity contribution in [3.8, 4) is 5.75 Å². The lowest BCUT2D eigenvalue weighted by atomic mass is 9.94. The quantitative estimate of drug-likeness (QED) is 0.451. The Morgan fingerprint density at radius 1 is 1.12 bits per heavy atom. The van der Waals surface area contributed by atoms with Gasteiger partial charge in [-0.1, -0.05) is 31.4 Å². The van der Waals surface area contributed by atoms with Crippen molar-refractivity contribution < 1.29 is 29.0 Å². The molecule has 34 heavy (non-hydrogen) atoms. The average Bonchev–Trinajstić information content (AvgIpc) is 2.73. The number of hydrogen-bond acceptors (Lipinski definition) is 6. The molecule has 1 saturated carbocycles. The first-order valence-corrected chi connectivity index (χ1v) is 11.5. The zero-order chi connectivity index (χ0) is 25.5. The van der Waals surface area contributed by atoms with Crippen molar-refractivity contribution in [2.75, 3.05) is 7.05 Å². The van der Waals surface area contributed by atoms with Crippen LogP contribution in [0.5, 0.6) is 5.75 Å². The van der Waals surface area contributed by atoms with Crippen LogP contribution in [0.4, 0.5) is 4.79 Å². The predicted octanol–water partition coefficient (Wildman–Crippen LogP) is 2.11. The third kappa shape index (κ3) is 8.24. The van der Waals surface area contributed by atoms with Crippen LogP contribution in [-0.2, 0) is 19.1 Å². The van der Waals surface area contributed by atoms with E-state index >= 15 is 0 Å². The first kappa shape index (κ1) is 26.9. The van der Waals surface area contributed by atoms with Gasteiger partial charge in [0.15, 0.2) is 0 Å². The van der Waals surface area contributed by atoms with Crippen molar-refractivity contribution in [3.63, 3.8) is 0 Å². The molecule has 1 aliphatic rings. The molecule has 0 bridgehead atoms. The van der Waals surface area contributed by atoms with Crippen LogP contribution in [0.2, 0.25) is 0 Å². The molecular weight excluding hydrogens is 440 g/mol. The Hall–Kier alpha value is -3.30. The molecule has 2 rings (SSSR count). The number of carbonyl (C=O) groups excluding carboxylic acids is 4. The monoisotopic (exact) mass is 476 g/mol. The Labute approximate surface area is 200 Å². The number of phenolic OH excluding ortho intramolecular Hbond substituents is 1. The SMILES string of the molecule is CN(C(=O)C(CC(N)=O)NC(=O)OC(C)(C)C)C(C(=O)NC1CCCCC1)c1ccc(O)cc1. The van der Waals surface area contributed by atoms with Gasteiger partial charge in [0.1, 0.15) is 23.4 Å². The molecule has 0 saturated heterocycles. The second-order valence-corrected chi connectivity index (χ2v) is 9.66. The molecule has 1 aliphatic carbocycles. The Balaban J connectivity index is 2.29. The molecule has 0 spiro atoms. The van der Waals surface area contributed by atoms with E-state index < -0.39 is 42.0 Å². The molecule has 1 fully saturated rings. The summed E-state index contributed by atoms with van der Waals surface area (Å²) in [5, 5.41) is 15.1. The van der Waals surface area contributed by atoms with Gasteiger partial charge in [-0.15, -0.1) is 0 Å². The van der Waals surface area contributed by atoms with Gasteiger partial charge in [-0.2, -0.15) is 0 Å². The third-order valence-electron chi connectivity index (χ3n) is 5.54. The summed E-state index contributed by atoms with van der Waals surface area (Å²) in [6.45, 7) is 5.00. The number of nitrogens with zero attached hydrogens (tertiary/aromatic N) is 1. The zero-order valence-electron chi connectivity index (χ0n) is 20.3. The zero-order valence-corrected chi connectivity index (χ0v) is 20.3. The molecule has 0 heterocycles. The lowest BCUT2D eigenvalue weighted by molar-refractivity contribution is -0.142. The second-order valence-electron chi connectivity index (χ2n) is 9.66.